The summed E-state index contributed by atoms with van der Waals surface area (Å²) in [5.41, 5.74) is 0.160. The van der Waals surface area contributed by atoms with Crippen LogP contribution in [-0.4, -0.2) is 24.2 Å². The third-order valence-corrected chi connectivity index (χ3v) is 3.79. The molecule has 0 bridgehead atoms. The van der Waals surface area contributed by atoms with Crippen molar-refractivity contribution >= 4 is 23.0 Å². The number of hydrogen-bond donors (Lipinski definition) is 1. The van der Waals surface area contributed by atoms with Crippen molar-refractivity contribution in [3.63, 3.8) is 0 Å². The van der Waals surface area contributed by atoms with Crippen molar-refractivity contribution in [1.82, 2.24) is 0 Å². The van der Waals surface area contributed by atoms with Gasteiger partial charge in [-0.1, -0.05) is 17.7 Å². The van der Waals surface area contributed by atoms with Crippen LogP contribution in [0.25, 0.3) is 0 Å². The normalized spacial score (nSPS) is 17.0. The van der Waals surface area contributed by atoms with Gasteiger partial charge in [0, 0.05) is 19.7 Å². The fraction of sp³-hybridized carbons (Fsp3) is 0.500. The number of ether oxygens (including phenoxy) is 1. The molecule has 0 saturated heterocycles. The first-order chi connectivity index (χ1) is 8.58. The van der Waals surface area contributed by atoms with Crippen LogP contribution in [0.4, 0.5) is 11.4 Å². The quantitative estimate of drug-likeness (QED) is 0.659. The van der Waals surface area contributed by atoms with Crippen LogP contribution in [0, 0.1) is 10.1 Å². The number of anilines is 1. The summed E-state index contributed by atoms with van der Waals surface area (Å²) in [7, 11) is 1.67. The molecule has 98 valence electrons. The van der Waals surface area contributed by atoms with Crippen molar-refractivity contribution < 1.29 is 9.66 Å². The van der Waals surface area contributed by atoms with E-state index in [4.69, 9.17) is 16.3 Å². The fourth-order valence-electron chi connectivity index (χ4n) is 2.11. The van der Waals surface area contributed by atoms with Gasteiger partial charge in [0.2, 0.25) is 0 Å². The van der Waals surface area contributed by atoms with Crippen LogP contribution in [0.3, 0.4) is 0 Å². The Morgan fingerprint density at radius 3 is 2.78 bits per heavy atom. The Morgan fingerprint density at radius 1 is 1.56 bits per heavy atom. The van der Waals surface area contributed by atoms with Gasteiger partial charge in [0.05, 0.1) is 15.5 Å². The molecule has 0 aromatic heterocycles. The molecule has 1 aliphatic carbocycles. The molecule has 1 saturated carbocycles. The standard InChI is InChI=1S/C12H15ClN2O3/c1-18-12(6-3-7-12)8-14-11-9(13)4-2-5-10(11)15(16)17/h2,4-5,14H,3,6-8H2,1H3. The molecule has 0 amide bonds. The van der Waals surface area contributed by atoms with Gasteiger partial charge in [0.15, 0.2) is 0 Å². The molecule has 0 atom stereocenters. The van der Waals surface area contributed by atoms with E-state index >= 15 is 0 Å². The van der Waals surface area contributed by atoms with Gasteiger partial charge in [0.25, 0.3) is 5.69 Å². The highest BCUT2D eigenvalue weighted by Crippen LogP contribution is 2.37. The number of para-hydroxylation sites is 1. The van der Waals surface area contributed by atoms with Crippen molar-refractivity contribution in [2.45, 2.75) is 24.9 Å². The maximum absolute atomic E-state index is 10.9. The molecule has 0 radical (unpaired) electrons. The molecule has 1 aromatic rings. The van der Waals surface area contributed by atoms with E-state index in [9.17, 15) is 10.1 Å². The zero-order chi connectivity index (χ0) is 13.2. The Hall–Kier alpha value is -1.33. The molecular formula is C12H15ClN2O3. The van der Waals surface area contributed by atoms with Crippen molar-refractivity contribution in [2.75, 3.05) is 19.0 Å². The third kappa shape index (κ3) is 2.42. The minimum atomic E-state index is -0.436. The Labute approximate surface area is 110 Å². The van der Waals surface area contributed by atoms with Crippen molar-refractivity contribution in [3.8, 4) is 0 Å². The maximum Gasteiger partial charge on any atom is 0.293 e. The summed E-state index contributed by atoms with van der Waals surface area (Å²) in [6.45, 7) is 0.536. The number of rotatable bonds is 5. The lowest BCUT2D eigenvalue weighted by Gasteiger charge is -2.40. The molecule has 1 fully saturated rings. The summed E-state index contributed by atoms with van der Waals surface area (Å²) in [5, 5.41) is 14.3. The number of nitro groups is 1. The van der Waals surface area contributed by atoms with Gasteiger partial charge in [-0.05, 0) is 25.3 Å². The van der Waals surface area contributed by atoms with Gasteiger partial charge < -0.3 is 10.1 Å². The average molecular weight is 271 g/mol. The van der Waals surface area contributed by atoms with Crippen LogP contribution in [0.15, 0.2) is 18.2 Å². The van der Waals surface area contributed by atoms with Crippen LogP contribution in [0.1, 0.15) is 19.3 Å². The summed E-state index contributed by atoms with van der Waals surface area (Å²) in [6, 6.07) is 4.65. The molecule has 0 aliphatic heterocycles. The van der Waals surface area contributed by atoms with Crippen LogP contribution >= 0.6 is 11.6 Å². The Bertz CT molecular complexity index is 455. The first-order valence-corrected chi connectivity index (χ1v) is 6.18. The molecule has 18 heavy (non-hydrogen) atoms. The van der Waals surface area contributed by atoms with E-state index in [1.807, 2.05) is 0 Å². The number of nitrogens with zero attached hydrogens (tertiary/aromatic N) is 1. The molecule has 1 aromatic carbocycles. The van der Waals surface area contributed by atoms with Crippen LogP contribution in [0.5, 0.6) is 0 Å². The van der Waals surface area contributed by atoms with Gasteiger partial charge in [-0.15, -0.1) is 0 Å². The number of hydrogen-bond acceptors (Lipinski definition) is 4. The largest absolute Gasteiger partial charge is 0.376 e. The van der Waals surface area contributed by atoms with E-state index < -0.39 is 4.92 Å². The van der Waals surface area contributed by atoms with Crippen molar-refractivity contribution in [3.05, 3.63) is 33.3 Å². The van der Waals surface area contributed by atoms with E-state index in [0.717, 1.165) is 19.3 Å². The Balaban J connectivity index is 2.15. The topological polar surface area (TPSA) is 64.4 Å². The number of halogens is 1. The molecule has 5 nitrogen and oxygen atoms in total. The molecule has 0 spiro atoms. The second-order valence-electron chi connectivity index (χ2n) is 4.49. The summed E-state index contributed by atoms with van der Waals surface area (Å²) < 4.78 is 5.46. The monoisotopic (exact) mass is 270 g/mol. The molecule has 1 N–H and O–H groups in total. The Kier molecular flexibility index (Phi) is 3.73. The number of methoxy groups -OCH3 is 1. The molecule has 2 rings (SSSR count). The second-order valence-corrected chi connectivity index (χ2v) is 4.89. The van der Waals surface area contributed by atoms with Crippen LogP contribution < -0.4 is 5.32 Å². The molecular weight excluding hydrogens is 256 g/mol. The molecule has 0 heterocycles. The highest BCUT2D eigenvalue weighted by molar-refractivity contribution is 6.33. The number of nitro benzene ring substituents is 1. The summed E-state index contributed by atoms with van der Waals surface area (Å²) in [4.78, 5) is 10.5. The SMILES string of the molecule is COC1(CNc2c(Cl)cccc2[N+](=O)[O-])CCC1. The van der Waals surface area contributed by atoms with E-state index in [-0.39, 0.29) is 11.3 Å². The van der Waals surface area contributed by atoms with E-state index in [1.54, 1.807) is 19.2 Å². The van der Waals surface area contributed by atoms with Gasteiger partial charge in [-0.2, -0.15) is 0 Å². The summed E-state index contributed by atoms with van der Waals surface area (Å²) in [6.07, 6.45) is 3.06. The fourth-order valence-corrected chi connectivity index (χ4v) is 2.35. The lowest BCUT2D eigenvalue weighted by atomic mass is 9.80. The van der Waals surface area contributed by atoms with Crippen LogP contribution in [-0.2, 0) is 4.74 Å². The lowest BCUT2D eigenvalue weighted by Crippen LogP contribution is -2.45. The molecule has 0 unspecified atom stereocenters. The van der Waals surface area contributed by atoms with Crippen molar-refractivity contribution in [2.24, 2.45) is 0 Å². The predicted octanol–water partition coefficient (Wildman–Crippen LogP) is 3.23. The summed E-state index contributed by atoms with van der Waals surface area (Å²) in [5.74, 6) is 0. The minimum Gasteiger partial charge on any atom is -0.376 e. The highest BCUT2D eigenvalue weighted by atomic mass is 35.5. The maximum atomic E-state index is 10.9. The van der Waals surface area contributed by atoms with E-state index in [0.29, 0.717) is 17.3 Å². The molecule has 6 heteroatoms. The smallest absolute Gasteiger partial charge is 0.293 e. The zero-order valence-corrected chi connectivity index (χ0v) is 10.9. The molecule has 1 aliphatic rings. The zero-order valence-electron chi connectivity index (χ0n) is 10.1. The minimum absolute atomic E-state index is 0.00641. The highest BCUT2D eigenvalue weighted by Gasteiger charge is 2.37. The lowest BCUT2D eigenvalue weighted by molar-refractivity contribution is -0.384. The first kappa shape index (κ1) is 13.1. The van der Waals surface area contributed by atoms with Gasteiger partial charge in [-0.3, -0.25) is 10.1 Å². The first-order valence-electron chi connectivity index (χ1n) is 5.80. The number of nitrogens with one attached hydrogen (secondary N) is 1. The van der Waals surface area contributed by atoms with Gasteiger partial charge in [0.1, 0.15) is 5.69 Å². The summed E-state index contributed by atoms with van der Waals surface area (Å²) >= 11 is 6.00. The average Bonchev–Trinajstić information content (AvgIpc) is 2.29. The third-order valence-electron chi connectivity index (χ3n) is 3.47. The van der Waals surface area contributed by atoms with Crippen LogP contribution in [0.2, 0.25) is 5.02 Å². The number of benzene rings is 1. The Morgan fingerprint density at radius 2 is 2.28 bits per heavy atom. The van der Waals surface area contributed by atoms with Crippen molar-refractivity contribution in [1.29, 1.82) is 0 Å². The van der Waals surface area contributed by atoms with E-state index in [2.05, 4.69) is 5.32 Å². The second kappa shape index (κ2) is 5.12. The van der Waals surface area contributed by atoms with Gasteiger partial charge >= 0.3 is 0 Å². The predicted molar refractivity (Wildman–Crippen MR) is 70.2 cm³/mol. The van der Waals surface area contributed by atoms with E-state index in [1.165, 1.54) is 6.07 Å². The van der Waals surface area contributed by atoms with Gasteiger partial charge in [-0.25, -0.2) is 0 Å².